The molecule has 3 rings (SSSR count). The lowest BCUT2D eigenvalue weighted by Gasteiger charge is -2.34. The third-order valence-corrected chi connectivity index (χ3v) is 9.12. The van der Waals surface area contributed by atoms with Crippen LogP contribution in [0.1, 0.15) is 51.3 Å². The van der Waals surface area contributed by atoms with Gasteiger partial charge >= 0.3 is 0 Å². The Hall–Kier alpha value is -5.05. The van der Waals surface area contributed by atoms with Crippen molar-refractivity contribution >= 4 is 17.7 Å². The standard InChI is InChI=1S/C40H57N5O9/c1-23(2)32(37(48)43-22-26-15-16-27(51-6)20-29(26)46)45-38(49)33(42-21-25-18-30(52-7)35(54-9)31(19-25)53-8)34(47)28(17-24-13-11-10-12-14-24)44-39(50)36(41)40(3,4)5/h10-16,18-20,23,28,32-34,36,42,46-47H,17,21-22,41H2,1-9H3,(H,43,48)(H,44,50)(H,45,49)/t28-,32-,33+,34+,36+/m0/s1. The Morgan fingerprint density at radius 2 is 1.39 bits per heavy atom. The molecule has 0 heterocycles. The first-order valence-electron chi connectivity index (χ1n) is 17.8. The number of rotatable bonds is 19. The van der Waals surface area contributed by atoms with Gasteiger partial charge in [-0.15, -0.1) is 0 Å². The number of aliphatic hydroxyl groups is 1. The van der Waals surface area contributed by atoms with Crippen molar-refractivity contribution in [2.45, 2.75) is 84.4 Å². The van der Waals surface area contributed by atoms with Gasteiger partial charge in [0, 0.05) is 24.7 Å². The van der Waals surface area contributed by atoms with Crippen LogP contribution in [-0.2, 0) is 33.9 Å². The molecule has 0 aliphatic carbocycles. The molecule has 0 saturated heterocycles. The maximum atomic E-state index is 14.3. The number of hydrogen-bond acceptors (Lipinski definition) is 11. The van der Waals surface area contributed by atoms with E-state index in [1.54, 1.807) is 38.1 Å². The Kier molecular flexibility index (Phi) is 15.9. The number of carbonyl (C=O) groups excluding carboxylic acids is 3. The van der Waals surface area contributed by atoms with E-state index in [9.17, 15) is 24.6 Å². The first-order chi connectivity index (χ1) is 25.5. The summed E-state index contributed by atoms with van der Waals surface area (Å²) in [4.78, 5) is 41.4. The number of nitrogens with one attached hydrogen (secondary N) is 4. The fourth-order valence-corrected chi connectivity index (χ4v) is 5.75. The van der Waals surface area contributed by atoms with Crippen molar-refractivity contribution in [1.82, 2.24) is 21.3 Å². The Bertz CT molecular complexity index is 1670. The minimum absolute atomic E-state index is 0.0155. The summed E-state index contributed by atoms with van der Waals surface area (Å²) in [5.41, 5.74) is 7.62. The Morgan fingerprint density at radius 1 is 0.759 bits per heavy atom. The monoisotopic (exact) mass is 751 g/mol. The number of aromatic hydroxyl groups is 1. The highest BCUT2D eigenvalue weighted by Gasteiger charge is 2.38. The van der Waals surface area contributed by atoms with E-state index in [1.807, 2.05) is 51.1 Å². The zero-order valence-electron chi connectivity index (χ0n) is 32.7. The van der Waals surface area contributed by atoms with Crippen LogP contribution in [0.5, 0.6) is 28.7 Å². The molecular formula is C40H57N5O9. The van der Waals surface area contributed by atoms with Gasteiger partial charge in [0.25, 0.3) is 0 Å². The van der Waals surface area contributed by atoms with Gasteiger partial charge < -0.3 is 50.8 Å². The van der Waals surface area contributed by atoms with E-state index < -0.39 is 53.4 Å². The molecule has 0 aliphatic heterocycles. The van der Waals surface area contributed by atoms with Crippen molar-refractivity contribution in [1.29, 1.82) is 0 Å². The molecule has 54 heavy (non-hydrogen) atoms. The summed E-state index contributed by atoms with van der Waals surface area (Å²) in [5, 5.41) is 34.2. The molecule has 0 unspecified atom stereocenters. The smallest absolute Gasteiger partial charge is 0.243 e. The summed E-state index contributed by atoms with van der Waals surface area (Å²) < 4.78 is 21.6. The van der Waals surface area contributed by atoms with Gasteiger partial charge in [-0.3, -0.25) is 19.7 Å². The number of ether oxygens (including phenoxy) is 4. The van der Waals surface area contributed by atoms with Crippen LogP contribution >= 0.6 is 0 Å². The number of phenols is 1. The normalized spacial score (nSPS) is 14.2. The third kappa shape index (κ3) is 11.7. The van der Waals surface area contributed by atoms with E-state index in [0.29, 0.717) is 34.1 Å². The van der Waals surface area contributed by atoms with E-state index in [-0.39, 0.29) is 31.2 Å². The van der Waals surface area contributed by atoms with E-state index in [1.165, 1.54) is 34.5 Å². The molecule has 14 nitrogen and oxygen atoms in total. The molecule has 0 spiro atoms. The molecule has 0 bridgehead atoms. The van der Waals surface area contributed by atoms with Crippen molar-refractivity contribution in [3.05, 3.63) is 77.4 Å². The first kappa shape index (κ1) is 43.4. The molecule has 3 aromatic carbocycles. The average molecular weight is 752 g/mol. The Balaban J connectivity index is 1.99. The Labute approximate surface area is 318 Å². The van der Waals surface area contributed by atoms with Gasteiger partial charge in [-0.1, -0.05) is 65.0 Å². The van der Waals surface area contributed by atoms with Gasteiger partial charge in [0.05, 0.1) is 46.6 Å². The van der Waals surface area contributed by atoms with E-state index >= 15 is 0 Å². The van der Waals surface area contributed by atoms with Crippen LogP contribution in [0.3, 0.4) is 0 Å². The number of benzene rings is 3. The van der Waals surface area contributed by atoms with E-state index in [4.69, 9.17) is 24.7 Å². The van der Waals surface area contributed by atoms with Gasteiger partial charge in [0.15, 0.2) is 11.5 Å². The predicted molar refractivity (Wildman–Crippen MR) is 206 cm³/mol. The number of amides is 3. The average Bonchev–Trinajstić information content (AvgIpc) is 3.14. The van der Waals surface area contributed by atoms with Crippen LogP contribution in [0, 0.1) is 11.3 Å². The van der Waals surface area contributed by atoms with Crippen LogP contribution < -0.4 is 45.9 Å². The lowest BCUT2D eigenvalue weighted by molar-refractivity contribution is -0.134. The SMILES string of the molecule is COc1ccc(CNC(=O)[C@@H](NC(=O)[C@H](NCc2cc(OC)c(OC)c(OC)c2)[C@H](O)[C@H](Cc2ccccc2)NC(=O)[C@@H](N)C(C)(C)C)C(C)C)c(O)c1. The molecule has 0 saturated carbocycles. The molecule has 0 aromatic heterocycles. The van der Waals surface area contributed by atoms with E-state index in [2.05, 4.69) is 21.3 Å². The fourth-order valence-electron chi connectivity index (χ4n) is 5.75. The summed E-state index contributed by atoms with van der Waals surface area (Å²) in [6.07, 6.45) is -1.35. The number of hydrogen-bond donors (Lipinski definition) is 7. The molecule has 0 radical (unpaired) electrons. The quantitative estimate of drug-likeness (QED) is 0.0950. The predicted octanol–water partition coefficient (Wildman–Crippen LogP) is 2.80. The minimum Gasteiger partial charge on any atom is -0.507 e. The molecule has 3 aromatic rings. The van der Waals surface area contributed by atoms with E-state index in [0.717, 1.165) is 5.56 Å². The molecule has 3 amide bonds. The van der Waals surface area contributed by atoms with Crippen molar-refractivity contribution in [3.8, 4) is 28.7 Å². The van der Waals surface area contributed by atoms with Crippen molar-refractivity contribution in [3.63, 3.8) is 0 Å². The molecule has 0 aliphatic rings. The fraction of sp³-hybridized carbons (Fsp3) is 0.475. The van der Waals surface area contributed by atoms with Crippen LogP contribution in [0.15, 0.2) is 60.7 Å². The topological polar surface area (TPSA) is 203 Å². The highest BCUT2D eigenvalue weighted by Crippen LogP contribution is 2.38. The van der Waals surface area contributed by atoms with Crippen molar-refractivity contribution < 1.29 is 43.5 Å². The largest absolute Gasteiger partial charge is 0.507 e. The lowest BCUT2D eigenvalue weighted by Crippen LogP contribution is -2.63. The number of nitrogens with two attached hydrogens (primary N) is 1. The molecule has 5 atom stereocenters. The highest BCUT2D eigenvalue weighted by atomic mass is 16.5. The third-order valence-electron chi connectivity index (χ3n) is 9.12. The van der Waals surface area contributed by atoms with Crippen molar-refractivity contribution in [2.24, 2.45) is 17.1 Å². The molecule has 0 fully saturated rings. The van der Waals surface area contributed by atoms with Gasteiger partial charge in [-0.25, -0.2) is 0 Å². The van der Waals surface area contributed by atoms with Gasteiger partial charge in [0.1, 0.15) is 23.6 Å². The number of carbonyl (C=O) groups is 3. The Morgan fingerprint density at radius 3 is 1.91 bits per heavy atom. The van der Waals surface area contributed by atoms with Gasteiger partial charge in [-0.05, 0) is 53.1 Å². The maximum absolute atomic E-state index is 14.3. The molecule has 296 valence electrons. The first-order valence-corrected chi connectivity index (χ1v) is 17.8. The summed E-state index contributed by atoms with van der Waals surface area (Å²) in [7, 11) is 5.94. The zero-order valence-corrected chi connectivity index (χ0v) is 32.7. The van der Waals surface area contributed by atoms with Gasteiger partial charge in [-0.2, -0.15) is 0 Å². The highest BCUT2D eigenvalue weighted by molar-refractivity contribution is 5.90. The minimum atomic E-state index is -1.52. The van der Waals surface area contributed by atoms with Gasteiger partial charge in [0.2, 0.25) is 23.5 Å². The maximum Gasteiger partial charge on any atom is 0.243 e. The molecule has 8 N–H and O–H groups in total. The lowest BCUT2D eigenvalue weighted by atomic mass is 9.86. The zero-order chi connectivity index (χ0) is 40.2. The van der Waals surface area contributed by atoms with Crippen LogP contribution in [0.4, 0.5) is 0 Å². The summed E-state index contributed by atoms with van der Waals surface area (Å²) in [6, 6.07) is 13.1. The van der Waals surface area contributed by atoms with Crippen LogP contribution in [0.2, 0.25) is 0 Å². The second-order valence-corrected chi connectivity index (χ2v) is 14.5. The number of aliphatic hydroxyl groups excluding tert-OH is 1. The summed E-state index contributed by atoms with van der Waals surface area (Å²) in [6.45, 7) is 9.08. The second-order valence-electron chi connectivity index (χ2n) is 14.5. The number of methoxy groups -OCH3 is 4. The summed E-state index contributed by atoms with van der Waals surface area (Å²) in [5.74, 6) is -0.506. The number of phenolic OH excluding ortho intramolecular Hbond substituents is 1. The second kappa shape index (κ2) is 19.9. The van der Waals surface area contributed by atoms with Crippen LogP contribution in [0.25, 0.3) is 0 Å². The van der Waals surface area contributed by atoms with Crippen LogP contribution in [-0.4, -0.2) is 86.6 Å². The molecule has 14 heteroatoms. The molecular weight excluding hydrogens is 694 g/mol. The summed E-state index contributed by atoms with van der Waals surface area (Å²) >= 11 is 0. The van der Waals surface area contributed by atoms with Crippen molar-refractivity contribution in [2.75, 3.05) is 28.4 Å².